The highest BCUT2D eigenvalue weighted by atomic mass is 15.0. The molecule has 0 N–H and O–H groups in total. The summed E-state index contributed by atoms with van der Waals surface area (Å²) in [5, 5.41) is 1.27. The van der Waals surface area contributed by atoms with Crippen LogP contribution in [0, 0.1) is 0 Å². The Morgan fingerprint density at radius 1 is 0.842 bits per heavy atom. The number of aromatic nitrogens is 1. The highest BCUT2D eigenvalue weighted by molar-refractivity contribution is 5.93. The Balaban J connectivity index is 2.13. The van der Waals surface area contributed by atoms with Crippen LogP contribution in [0.5, 0.6) is 0 Å². The van der Waals surface area contributed by atoms with Gasteiger partial charge in [-0.3, -0.25) is 0 Å². The lowest BCUT2D eigenvalue weighted by Gasteiger charge is -2.07. The van der Waals surface area contributed by atoms with Gasteiger partial charge in [-0.1, -0.05) is 36.9 Å². The van der Waals surface area contributed by atoms with Crippen LogP contribution in [0.4, 0.5) is 0 Å². The molecule has 1 nitrogen and oxygen atoms in total. The molecule has 0 unspecified atom stereocenters. The van der Waals surface area contributed by atoms with Gasteiger partial charge in [-0.05, 0) is 47.5 Å². The summed E-state index contributed by atoms with van der Waals surface area (Å²) in [5.41, 5.74) is 5.88. The second-order valence-electron chi connectivity index (χ2n) is 4.87. The summed E-state index contributed by atoms with van der Waals surface area (Å²) >= 11 is 0. The maximum Gasteiger partial charge on any atom is 0.0535 e. The van der Waals surface area contributed by atoms with Crippen LogP contribution in [-0.2, 0) is 0 Å². The van der Waals surface area contributed by atoms with E-state index < -0.39 is 0 Å². The van der Waals surface area contributed by atoms with E-state index in [4.69, 9.17) is 0 Å². The molecular weight excluding hydrogens is 230 g/mol. The van der Waals surface area contributed by atoms with Crippen molar-refractivity contribution in [1.29, 1.82) is 0 Å². The largest absolute Gasteiger partial charge is 0.310 e. The first kappa shape index (κ1) is 10.4. The molecule has 0 atom stereocenters. The molecule has 2 aromatic carbocycles. The lowest BCUT2D eigenvalue weighted by molar-refractivity contribution is 1.11. The molecule has 3 aromatic rings. The Morgan fingerprint density at radius 2 is 1.68 bits per heavy atom. The van der Waals surface area contributed by atoms with Crippen molar-refractivity contribution in [1.82, 2.24) is 4.57 Å². The molecule has 0 aliphatic heterocycles. The number of nitrogens with zero attached hydrogens (tertiary/aromatic N) is 1. The van der Waals surface area contributed by atoms with E-state index in [2.05, 4.69) is 71.8 Å². The summed E-state index contributed by atoms with van der Waals surface area (Å²) in [5.74, 6) is 0. The Hall–Kier alpha value is -2.54. The number of hydrogen-bond acceptors (Lipinski definition) is 0. The third kappa shape index (κ3) is 1.48. The van der Waals surface area contributed by atoms with Crippen LogP contribution >= 0.6 is 0 Å². The molecular formula is C18H13N. The van der Waals surface area contributed by atoms with Gasteiger partial charge >= 0.3 is 0 Å². The Kier molecular flexibility index (Phi) is 2.04. The molecule has 0 spiro atoms. The van der Waals surface area contributed by atoms with Gasteiger partial charge in [0.25, 0.3) is 0 Å². The topological polar surface area (TPSA) is 4.93 Å². The van der Waals surface area contributed by atoms with Crippen molar-refractivity contribution in [2.75, 3.05) is 0 Å². The van der Waals surface area contributed by atoms with Gasteiger partial charge < -0.3 is 4.57 Å². The Labute approximate surface area is 112 Å². The summed E-state index contributed by atoms with van der Waals surface area (Å²) in [4.78, 5) is 0. The standard InChI is InChI=1S/C18H13N/c1-13-7-9-17-12-15-11-14(13)8-10-18(15)19(17)16-5-3-2-4-6-16/h2-12H,1H2. The van der Waals surface area contributed by atoms with Crippen molar-refractivity contribution in [3.63, 3.8) is 0 Å². The number of benzene rings is 2. The molecule has 0 fully saturated rings. The van der Waals surface area contributed by atoms with Crippen molar-refractivity contribution in [3.8, 4) is 5.69 Å². The second kappa shape index (κ2) is 3.72. The minimum absolute atomic E-state index is 1.06. The zero-order valence-corrected chi connectivity index (χ0v) is 10.5. The maximum absolute atomic E-state index is 4.11. The molecule has 1 heteroatoms. The van der Waals surface area contributed by atoms with Crippen LogP contribution in [0.25, 0.3) is 28.2 Å². The average molecular weight is 243 g/mol. The van der Waals surface area contributed by atoms with Crippen LogP contribution in [0.1, 0.15) is 11.3 Å². The molecule has 0 saturated carbocycles. The van der Waals surface area contributed by atoms with Crippen molar-refractivity contribution < 1.29 is 0 Å². The van der Waals surface area contributed by atoms with Gasteiger partial charge in [-0.15, -0.1) is 0 Å². The first-order valence-electron chi connectivity index (χ1n) is 6.41. The highest BCUT2D eigenvalue weighted by Crippen LogP contribution is 2.30. The minimum Gasteiger partial charge on any atom is -0.310 e. The lowest BCUT2D eigenvalue weighted by Crippen LogP contribution is -1.95. The number of para-hydroxylation sites is 1. The van der Waals surface area contributed by atoms with Crippen molar-refractivity contribution in [2.24, 2.45) is 0 Å². The van der Waals surface area contributed by atoms with Gasteiger partial charge in [0.1, 0.15) is 0 Å². The number of rotatable bonds is 1. The molecule has 1 heterocycles. The summed E-state index contributed by atoms with van der Waals surface area (Å²) in [6.07, 6.45) is 4.23. The van der Waals surface area contributed by atoms with Gasteiger partial charge in [0, 0.05) is 16.8 Å². The van der Waals surface area contributed by atoms with E-state index >= 15 is 0 Å². The maximum atomic E-state index is 4.11. The van der Waals surface area contributed by atoms with Crippen LogP contribution < -0.4 is 0 Å². The minimum atomic E-state index is 1.06. The fraction of sp³-hybridized carbons (Fsp3) is 0. The molecule has 0 saturated heterocycles. The van der Waals surface area contributed by atoms with Crippen LogP contribution in [0.15, 0.2) is 67.3 Å². The van der Waals surface area contributed by atoms with E-state index in [1.54, 1.807) is 0 Å². The van der Waals surface area contributed by atoms with Gasteiger partial charge in [-0.2, -0.15) is 0 Å². The average Bonchev–Trinajstić information content (AvgIpc) is 2.85. The number of fused-ring (bicyclic) bond motifs is 2. The predicted molar refractivity (Wildman–Crippen MR) is 81.3 cm³/mol. The van der Waals surface area contributed by atoms with Crippen LogP contribution in [-0.4, -0.2) is 4.57 Å². The van der Waals surface area contributed by atoms with Crippen molar-refractivity contribution in [2.45, 2.75) is 0 Å². The summed E-state index contributed by atoms with van der Waals surface area (Å²) in [6.45, 7) is 4.11. The quantitative estimate of drug-likeness (QED) is 0.585. The van der Waals surface area contributed by atoms with Gasteiger partial charge in [0.15, 0.2) is 0 Å². The van der Waals surface area contributed by atoms with E-state index in [1.807, 2.05) is 6.07 Å². The highest BCUT2D eigenvalue weighted by Gasteiger charge is 2.11. The third-order valence-electron chi connectivity index (χ3n) is 3.67. The summed E-state index contributed by atoms with van der Waals surface area (Å²) < 4.78 is 2.29. The van der Waals surface area contributed by atoms with Crippen molar-refractivity contribution >= 4 is 22.6 Å². The molecule has 3 bridgehead atoms. The predicted octanol–water partition coefficient (Wildman–Crippen LogP) is 4.67. The number of allylic oxidation sites excluding steroid dienone is 2. The molecule has 4 rings (SSSR count). The fourth-order valence-electron chi connectivity index (χ4n) is 2.71. The van der Waals surface area contributed by atoms with Gasteiger partial charge in [0.05, 0.1) is 5.52 Å². The smallest absolute Gasteiger partial charge is 0.0535 e. The van der Waals surface area contributed by atoms with E-state index in [0.717, 1.165) is 5.57 Å². The Bertz CT molecular complexity index is 820. The summed E-state index contributed by atoms with van der Waals surface area (Å²) in [6, 6.07) is 19.2. The zero-order valence-electron chi connectivity index (χ0n) is 10.5. The van der Waals surface area contributed by atoms with Crippen LogP contribution in [0.2, 0.25) is 0 Å². The fourth-order valence-corrected chi connectivity index (χ4v) is 2.71. The normalized spacial score (nSPS) is 13.2. The van der Waals surface area contributed by atoms with Crippen LogP contribution in [0.3, 0.4) is 0 Å². The monoisotopic (exact) mass is 243 g/mol. The third-order valence-corrected chi connectivity index (χ3v) is 3.67. The lowest BCUT2D eigenvalue weighted by atomic mass is 10.0. The SMILES string of the molecule is C=C1C=Cc2cc3cc1ccc3n2-c1ccccc1. The van der Waals surface area contributed by atoms with E-state index in [0.29, 0.717) is 0 Å². The molecule has 1 aliphatic carbocycles. The van der Waals surface area contributed by atoms with E-state index in [-0.39, 0.29) is 0 Å². The number of hydrogen-bond donors (Lipinski definition) is 0. The first-order valence-corrected chi connectivity index (χ1v) is 6.41. The molecule has 1 aliphatic rings. The van der Waals surface area contributed by atoms with Crippen molar-refractivity contribution in [3.05, 3.63) is 78.5 Å². The van der Waals surface area contributed by atoms with E-state index in [9.17, 15) is 0 Å². The molecule has 1 aromatic heterocycles. The molecule has 19 heavy (non-hydrogen) atoms. The Morgan fingerprint density at radius 3 is 2.53 bits per heavy atom. The molecule has 0 radical (unpaired) electrons. The van der Waals surface area contributed by atoms with Gasteiger partial charge in [-0.25, -0.2) is 0 Å². The second-order valence-corrected chi connectivity index (χ2v) is 4.87. The summed E-state index contributed by atoms with van der Waals surface area (Å²) in [7, 11) is 0. The molecule has 90 valence electrons. The first-order chi connectivity index (χ1) is 9.33. The zero-order chi connectivity index (χ0) is 12.8. The molecule has 0 amide bonds. The van der Waals surface area contributed by atoms with Gasteiger partial charge in [0.2, 0.25) is 0 Å². The van der Waals surface area contributed by atoms with E-state index in [1.165, 1.54) is 27.8 Å².